The monoisotopic (exact) mass is 458 g/mol. The molecular weight excluding hydrogens is 436 g/mol. The average molecular weight is 458 g/mol. The third kappa shape index (κ3) is 5.04. The minimum atomic E-state index is -4.14. The van der Waals surface area contributed by atoms with Gasteiger partial charge in [-0.3, -0.25) is 14.9 Å². The zero-order valence-electron chi connectivity index (χ0n) is 17.5. The lowest BCUT2D eigenvalue weighted by atomic mass is 10.0. The van der Waals surface area contributed by atoms with Gasteiger partial charge in [-0.2, -0.15) is 0 Å². The molecule has 0 aromatic heterocycles. The summed E-state index contributed by atoms with van der Waals surface area (Å²) in [6, 6.07) is 14.2. The highest BCUT2D eigenvalue weighted by atomic mass is 32.2. The van der Waals surface area contributed by atoms with Gasteiger partial charge in [0, 0.05) is 22.9 Å². The molecule has 10 heteroatoms. The summed E-state index contributed by atoms with van der Waals surface area (Å²) in [5, 5.41) is 12.2. The lowest BCUT2D eigenvalue weighted by Gasteiger charge is -2.19. The normalized spacial score (nSPS) is 12.3. The van der Waals surface area contributed by atoms with E-state index >= 15 is 0 Å². The van der Waals surface area contributed by atoms with Gasteiger partial charge in [-0.1, -0.05) is 36.4 Å². The third-order valence-corrected chi connectivity index (χ3v) is 6.34. The number of nitro benzene ring substituents is 1. The van der Waals surface area contributed by atoms with Crippen LogP contribution in [0.1, 0.15) is 24.9 Å². The first-order chi connectivity index (χ1) is 15.3. The molecule has 0 aliphatic carbocycles. The van der Waals surface area contributed by atoms with Crippen LogP contribution in [0.5, 0.6) is 5.75 Å². The predicted molar refractivity (Wildman–Crippen MR) is 118 cm³/mol. The molecule has 0 heterocycles. The van der Waals surface area contributed by atoms with Crippen LogP contribution in [0.2, 0.25) is 0 Å². The first-order valence-electron chi connectivity index (χ1n) is 9.75. The SMILES string of the molecule is CCOC(=O)C[C@H](NS(=O)(=O)c1ccc(OC)c2ccccc12)c1cccc([N+](=O)[O-])c1. The molecule has 0 saturated heterocycles. The van der Waals surface area contributed by atoms with Crippen molar-refractivity contribution in [1.29, 1.82) is 0 Å². The summed E-state index contributed by atoms with van der Waals surface area (Å²) in [6.07, 6.45) is -0.331. The van der Waals surface area contributed by atoms with Gasteiger partial charge in [0.2, 0.25) is 10.0 Å². The molecule has 0 radical (unpaired) electrons. The molecule has 0 bridgehead atoms. The lowest BCUT2D eigenvalue weighted by Crippen LogP contribution is -2.31. The number of rotatable bonds is 9. The number of sulfonamides is 1. The van der Waals surface area contributed by atoms with Gasteiger partial charge in [-0.15, -0.1) is 0 Å². The lowest BCUT2D eigenvalue weighted by molar-refractivity contribution is -0.384. The molecule has 9 nitrogen and oxygen atoms in total. The smallest absolute Gasteiger partial charge is 0.307 e. The Hall–Kier alpha value is -3.50. The fourth-order valence-electron chi connectivity index (χ4n) is 3.38. The topological polar surface area (TPSA) is 125 Å². The third-order valence-electron chi connectivity index (χ3n) is 4.81. The van der Waals surface area contributed by atoms with E-state index in [0.29, 0.717) is 16.5 Å². The number of carbonyl (C=O) groups excluding carboxylic acids is 1. The van der Waals surface area contributed by atoms with Crippen LogP contribution in [0.15, 0.2) is 65.6 Å². The first kappa shape index (κ1) is 23.2. The van der Waals surface area contributed by atoms with Crippen LogP contribution in [0.3, 0.4) is 0 Å². The number of hydrogen-bond acceptors (Lipinski definition) is 7. The number of fused-ring (bicyclic) bond motifs is 1. The van der Waals surface area contributed by atoms with Crippen LogP contribution in [-0.2, 0) is 19.6 Å². The maximum atomic E-state index is 13.3. The van der Waals surface area contributed by atoms with Crippen molar-refractivity contribution in [3.63, 3.8) is 0 Å². The van der Waals surface area contributed by atoms with Crippen molar-refractivity contribution >= 4 is 32.5 Å². The number of nitrogens with one attached hydrogen (secondary N) is 1. The Morgan fingerprint density at radius 3 is 2.47 bits per heavy atom. The van der Waals surface area contributed by atoms with E-state index in [2.05, 4.69) is 4.72 Å². The Morgan fingerprint density at radius 2 is 1.81 bits per heavy atom. The molecule has 3 aromatic rings. The minimum absolute atomic E-state index is 0.00631. The Kier molecular flexibility index (Phi) is 7.06. The van der Waals surface area contributed by atoms with Crippen LogP contribution in [0, 0.1) is 10.1 Å². The Bertz CT molecular complexity index is 1260. The predicted octanol–water partition coefficient (Wildman–Crippen LogP) is 3.73. The van der Waals surface area contributed by atoms with Crippen molar-refractivity contribution in [2.24, 2.45) is 0 Å². The number of non-ortho nitro benzene ring substituents is 1. The fourth-order valence-corrected chi connectivity index (χ4v) is 4.81. The Morgan fingerprint density at radius 1 is 1.09 bits per heavy atom. The first-order valence-corrected chi connectivity index (χ1v) is 11.2. The molecule has 0 saturated carbocycles. The van der Waals surface area contributed by atoms with Crippen LogP contribution in [-0.4, -0.2) is 33.0 Å². The molecule has 0 unspecified atom stereocenters. The molecule has 3 rings (SSSR count). The highest BCUT2D eigenvalue weighted by molar-refractivity contribution is 7.89. The van der Waals surface area contributed by atoms with Gasteiger partial charge < -0.3 is 9.47 Å². The second-order valence-corrected chi connectivity index (χ2v) is 8.53. The number of hydrogen-bond donors (Lipinski definition) is 1. The van der Waals surface area contributed by atoms with E-state index in [1.165, 1.54) is 37.4 Å². The van der Waals surface area contributed by atoms with Crippen LogP contribution in [0.25, 0.3) is 10.8 Å². The molecule has 168 valence electrons. The summed E-state index contributed by atoms with van der Waals surface area (Å²) in [5.41, 5.74) is 0.0547. The average Bonchev–Trinajstić information content (AvgIpc) is 2.78. The molecule has 3 aromatic carbocycles. The van der Waals surface area contributed by atoms with Gasteiger partial charge in [-0.25, -0.2) is 13.1 Å². The summed E-state index contributed by atoms with van der Waals surface area (Å²) >= 11 is 0. The van der Waals surface area contributed by atoms with Gasteiger partial charge in [0.25, 0.3) is 5.69 Å². The second kappa shape index (κ2) is 9.75. The van der Waals surface area contributed by atoms with E-state index in [9.17, 15) is 23.3 Å². The van der Waals surface area contributed by atoms with E-state index in [-0.39, 0.29) is 29.2 Å². The number of ether oxygens (including phenoxy) is 2. The Labute approximate surface area is 185 Å². The van der Waals surface area contributed by atoms with Gasteiger partial charge >= 0.3 is 5.97 Å². The van der Waals surface area contributed by atoms with Crippen LogP contribution in [0.4, 0.5) is 5.69 Å². The number of carbonyl (C=O) groups is 1. The summed E-state index contributed by atoms with van der Waals surface area (Å²) in [5.74, 6) is -0.118. The van der Waals surface area contributed by atoms with Gasteiger partial charge in [0.05, 0.1) is 36.0 Å². The van der Waals surface area contributed by atoms with Gasteiger partial charge in [-0.05, 0) is 24.6 Å². The molecule has 1 N–H and O–H groups in total. The molecular formula is C22H22N2O7S. The van der Waals surface area contributed by atoms with E-state index in [1.807, 2.05) is 0 Å². The number of nitro groups is 1. The molecule has 0 aliphatic rings. The molecule has 1 atom stereocenters. The quantitative estimate of drug-likeness (QED) is 0.294. The Balaban J connectivity index is 2.05. The van der Waals surface area contributed by atoms with E-state index in [4.69, 9.17) is 9.47 Å². The van der Waals surface area contributed by atoms with Crippen molar-refractivity contribution in [2.75, 3.05) is 13.7 Å². The molecule has 32 heavy (non-hydrogen) atoms. The summed E-state index contributed by atoms with van der Waals surface area (Å²) < 4.78 is 39.5. The van der Waals surface area contributed by atoms with E-state index in [0.717, 1.165) is 0 Å². The minimum Gasteiger partial charge on any atom is -0.496 e. The largest absolute Gasteiger partial charge is 0.496 e. The molecule has 0 aliphatic heterocycles. The number of esters is 1. The van der Waals surface area contributed by atoms with E-state index in [1.54, 1.807) is 37.3 Å². The summed E-state index contributed by atoms with van der Waals surface area (Å²) in [7, 11) is -2.64. The number of nitrogens with zero attached hydrogens (tertiary/aromatic N) is 1. The van der Waals surface area contributed by atoms with Crippen molar-refractivity contribution < 1.29 is 27.6 Å². The van der Waals surface area contributed by atoms with Crippen molar-refractivity contribution in [2.45, 2.75) is 24.3 Å². The maximum absolute atomic E-state index is 13.3. The van der Waals surface area contributed by atoms with Crippen LogP contribution >= 0.6 is 0 Å². The molecule has 0 spiro atoms. The second-order valence-electron chi connectivity index (χ2n) is 6.85. The standard InChI is InChI=1S/C22H22N2O7S/c1-3-31-22(25)14-19(15-7-6-8-16(13-15)24(26)27)23-32(28,29)21-12-11-20(30-2)17-9-4-5-10-18(17)21/h4-13,19,23H,3,14H2,1-2H3/t19-/m0/s1. The fraction of sp³-hybridized carbons (Fsp3) is 0.227. The van der Waals surface area contributed by atoms with Crippen molar-refractivity contribution in [1.82, 2.24) is 4.72 Å². The molecule has 0 fully saturated rings. The zero-order valence-corrected chi connectivity index (χ0v) is 18.3. The number of methoxy groups -OCH3 is 1. The zero-order chi connectivity index (χ0) is 23.3. The van der Waals surface area contributed by atoms with Gasteiger partial charge in [0.15, 0.2) is 0 Å². The highest BCUT2D eigenvalue weighted by Gasteiger charge is 2.27. The van der Waals surface area contributed by atoms with Gasteiger partial charge in [0.1, 0.15) is 5.75 Å². The van der Waals surface area contributed by atoms with Crippen molar-refractivity contribution in [3.05, 3.63) is 76.3 Å². The van der Waals surface area contributed by atoms with E-state index < -0.39 is 27.0 Å². The number of benzene rings is 3. The van der Waals surface area contributed by atoms with Crippen molar-refractivity contribution in [3.8, 4) is 5.75 Å². The summed E-state index contributed by atoms with van der Waals surface area (Å²) in [4.78, 5) is 22.7. The highest BCUT2D eigenvalue weighted by Crippen LogP contribution is 2.32. The molecule has 0 amide bonds. The van der Waals surface area contributed by atoms with Crippen LogP contribution < -0.4 is 9.46 Å². The summed E-state index contributed by atoms with van der Waals surface area (Å²) in [6.45, 7) is 1.75. The maximum Gasteiger partial charge on any atom is 0.307 e.